The van der Waals surface area contributed by atoms with Crippen LogP contribution in [0.15, 0.2) is 36.5 Å². The number of nitrogens with one attached hydrogen (secondary N) is 2. The molecule has 0 aliphatic carbocycles. The van der Waals surface area contributed by atoms with Crippen molar-refractivity contribution >= 4 is 22.7 Å². The van der Waals surface area contributed by atoms with Crippen molar-refractivity contribution in [1.82, 2.24) is 30.2 Å². The summed E-state index contributed by atoms with van der Waals surface area (Å²) in [6.07, 6.45) is 5.69. The third-order valence-corrected chi connectivity index (χ3v) is 5.89. The summed E-state index contributed by atoms with van der Waals surface area (Å²) in [6, 6.07) is 8.70. The highest BCUT2D eigenvalue weighted by molar-refractivity contribution is 6.00. The number of ether oxygens (including phenoxy) is 1. The number of aromatic amines is 1. The highest BCUT2D eigenvalue weighted by atomic mass is 16.5. The minimum atomic E-state index is -0.736. The summed E-state index contributed by atoms with van der Waals surface area (Å²) in [4.78, 5) is 31.7. The van der Waals surface area contributed by atoms with E-state index >= 15 is 0 Å². The number of aliphatic hydroxyl groups excluding tert-OH is 1. The summed E-state index contributed by atoms with van der Waals surface area (Å²) in [6.45, 7) is 4.05. The predicted octanol–water partition coefficient (Wildman–Crippen LogP) is 2.50. The monoisotopic (exact) mass is 484 g/mol. The molecular weight excluding hydrogens is 448 g/mol. The molecule has 0 bridgehead atoms. The number of hydrogen-bond acceptors (Lipinski definition) is 6. The number of carbonyl (C=O) groups excluding carboxylic acids is 2. The van der Waals surface area contributed by atoms with Gasteiger partial charge in [0.1, 0.15) is 17.4 Å². The van der Waals surface area contributed by atoms with E-state index in [1.54, 1.807) is 24.1 Å². The van der Waals surface area contributed by atoms with Crippen molar-refractivity contribution in [3.63, 3.8) is 0 Å². The van der Waals surface area contributed by atoms with Crippen molar-refractivity contribution < 1.29 is 19.4 Å². The summed E-state index contributed by atoms with van der Waals surface area (Å²) < 4.78 is 6.75. The topological polar surface area (TPSA) is 125 Å². The second-order valence-electron chi connectivity index (χ2n) is 8.59. The summed E-state index contributed by atoms with van der Waals surface area (Å²) in [5, 5.41) is 21.0. The van der Waals surface area contributed by atoms with E-state index in [9.17, 15) is 14.7 Å². The number of aliphatic hydroxyl groups is 1. The van der Waals surface area contributed by atoms with Gasteiger partial charge in [0, 0.05) is 44.3 Å². The molecule has 0 saturated carbocycles. The molecule has 3 N–H and O–H groups in total. The van der Waals surface area contributed by atoms with Gasteiger partial charge in [0.2, 0.25) is 5.91 Å². The quantitative estimate of drug-likeness (QED) is 0.285. The summed E-state index contributed by atoms with van der Waals surface area (Å²) in [7, 11) is 1.64. The molecule has 3 aromatic rings. The Labute approximate surface area is 205 Å². The van der Waals surface area contributed by atoms with Crippen LogP contribution >= 0.6 is 0 Å². The van der Waals surface area contributed by atoms with Crippen LogP contribution < -0.4 is 5.32 Å². The number of benzene rings is 1. The summed E-state index contributed by atoms with van der Waals surface area (Å²) in [5.74, 6) is -0.455. The number of fused-ring (bicyclic) bond motifs is 1. The molecule has 2 heterocycles. The molecule has 1 aromatic carbocycles. The Bertz CT molecular complexity index is 1040. The Morgan fingerprint density at radius 1 is 1.23 bits per heavy atom. The number of methoxy groups -OCH3 is 1. The van der Waals surface area contributed by atoms with Crippen LogP contribution in [0.4, 0.5) is 0 Å². The molecule has 10 nitrogen and oxygen atoms in total. The average molecular weight is 485 g/mol. The second kappa shape index (κ2) is 13.6. The predicted molar refractivity (Wildman–Crippen MR) is 133 cm³/mol. The fraction of sp³-hybridized carbons (Fsp3) is 0.520. The molecule has 0 radical (unpaired) electrons. The number of para-hydroxylation sites is 1. The van der Waals surface area contributed by atoms with E-state index in [4.69, 9.17) is 4.74 Å². The van der Waals surface area contributed by atoms with Crippen molar-refractivity contribution in [2.45, 2.75) is 58.2 Å². The number of aromatic nitrogens is 4. The zero-order valence-corrected chi connectivity index (χ0v) is 20.6. The van der Waals surface area contributed by atoms with Gasteiger partial charge in [-0.25, -0.2) is 0 Å². The SMILES string of the molecule is CCCCCN(CCCOC)C(=O)[C@H](CCn1cc(CO)nn1)NC(=O)c1cc2ccccc2[nH]1. The fourth-order valence-corrected chi connectivity index (χ4v) is 3.98. The Hall–Kier alpha value is -3.24. The van der Waals surface area contributed by atoms with Gasteiger partial charge in [-0.3, -0.25) is 14.3 Å². The van der Waals surface area contributed by atoms with E-state index in [2.05, 4.69) is 27.5 Å². The van der Waals surface area contributed by atoms with Gasteiger partial charge in [0.15, 0.2) is 0 Å². The highest BCUT2D eigenvalue weighted by Crippen LogP contribution is 2.15. The lowest BCUT2D eigenvalue weighted by Gasteiger charge is -2.28. The molecular formula is C25H36N6O4. The Kier molecular flexibility index (Phi) is 10.2. The van der Waals surface area contributed by atoms with Crippen LogP contribution in [0.3, 0.4) is 0 Å². The molecule has 0 spiro atoms. The Balaban J connectivity index is 1.76. The largest absolute Gasteiger partial charge is 0.390 e. The van der Waals surface area contributed by atoms with Crippen LogP contribution in [0.5, 0.6) is 0 Å². The Morgan fingerprint density at radius 3 is 2.74 bits per heavy atom. The number of unbranched alkanes of at least 4 members (excludes halogenated alkanes) is 2. The number of hydrogen-bond donors (Lipinski definition) is 3. The molecule has 2 amide bonds. The third kappa shape index (κ3) is 7.63. The van der Waals surface area contributed by atoms with E-state index in [1.165, 1.54) is 0 Å². The minimum absolute atomic E-state index is 0.121. The van der Waals surface area contributed by atoms with E-state index in [0.717, 1.165) is 36.6 Å². The first-order valence-electron chi connectivity index (χ1n) is 12.2. The van der Waals surface area contributed by atoms with Gasteiger partial charge in [-0.1, -0.05) is 43.2 Å². The summed E-state index contributed by atoms with van der Waals surface area (Å²) in [5.41, 5.74) is 1.72. The van der Waals surface area contributed by atoms with Crippen LogP contribution in [0.2, 0.25) is 0 Å². The van der Waals surface area contributed by atoms with Crippen molar-refractivity contribution in [3.05, 3.63) is 47.9 Å². The lowest BCUT2D eigenvalue weighted by Crippen LogP contribution is -2.49. The van der Waals surface area contributed by atoms with Crippen molar-refractivity contribution in [3.8, 4) is 0 Å². The normalized spacial score (nSPS) is 12.1. The van der Waals surface area contributed by atoms with Gasteiger partial charge >= 0.3 is 0 Å². The molecule has 0 unspecified atom stereocenters. The van der Waals surface area contributed by atoms with E-state index in [0.29, 0.717) is 44.0 Å². The molecule has 1 atom stereocenters. The first-order valence-corrected chi connectivity index (χ1v) is 12.2. The molecule has 0 saturated heterocycles. The van der Waals surface area contributed by atoms with Gasteiger partial charge in [-0.15, -0.1) is 5.10 Å². The molecule has 3 rings (SSSR count). The number of amides is 2. The van der Waals surface area contributed by atoms with Crippen molar-refractivity contribution in [2.75, 3.05) is 26.8 Å². The second-order valence-corrected chi connectivity index (χ2v) is 8.59. The Morgan fingerprint density at radius 2 is 2.03 bits per heavy atom. The van der Waals surface area contributed by atoms with Gasteiger partial charge in [0.25, 0.3) is 5.91 Å². The maximum Gasteiger partial charge on any atom is 0.268 e. The molecule has 190 valence electrons. The smallest absolute Gasteiger partial charge is 0.268 e. The number of nitrogens with zero attached hydrogens (tertiary/aromatic N) is 4. The van der Waals surface area contributed by atoms with E-state index in [-0.39, 0.29) is 18.4 Å². The maximum absolute atomic E-state index is 13.6. The number of H-pyrrole nitrogens is 1. The molecule has 0 fully saturated rings. The fourth-order valence-electron chi connectivity index (χ4n) is 3.98. The lowest BCUT2D eigenvalue weighted by atomic mass is 10.1. The number of carbonyl (C=O) groups is 2. The van der Waals surface area contributed by atoms with Crippen LogP contribution in [-0.2, 0) is 22.7 Å². The van der Waals surface area contributed by atoms with Crippen LogP contribution in [0.25, 0.3) is 10.9 Å². The van der Waals surface area contributed by atoms with Gasteiger partial charge < -0.3 is 25.0 Å². The van der Waals surface area contributed by atoms with Crippen molar-refractivity contribution in [1.29, 1.82) is 0 Å². The zero-order valence-electron chi connectivity index (χ0n) is 20.6. The van der Waals surface area contributed by atoms with Crippen molar-refractivity contribution in [2.24, 2.45) is 0 Å². The van der Waals surface area contributed by atoms with E-state index < -0.39 is 6.04 Å². The highest BCUT2D eigenvalue weighted by Gasteiger charge is 2.27. The molecule has 2 aromatic heterocycles. The third-order valence-electron chi connectivity index (χ3n) is 5.89. The standard InChI is InChI=1S/C25H36N6O4/c1-3-4-7-12-30(13-8-15-35-2)25(34)22(11-14-31-17-20(18-32)28-29-31)27-24(33)23-16-19-9-5-6-10-21(19)26-23/h5-6,9-10,16-17,22,26,32H,3-4,7-8,11-15,18H2,1-2H3,(H,27,33)/t22-/m0/s1. The first kappa shape index (κ1) is 26.4. The van der Waals surface area contributed by atoms with Gasteiger partial charge in [-0.05, 0) is 31.4 Å². The molecule has 0 aliphatic rings. The van der Waals surface area contributed by atoms with Crippen LogP contribution in [0, 0.1) is 0 Å². The number of rotatable bonds is 15. The lowest BCUT2D eigenvalue weighted by molar-refractivity contribution is -0.133. The zero-order chi connectivity index (χ0) is 25.0. The molecule has 35 heavy (non-hydrogen) atoms. The first-order chi connectivity index (χ1) is 17.0. The average Bonchev–Trinajstić information content (AvgIpc) is 3.52. The molecule has 0 aliphatic heterocycles. The van der Waals surface area contributed by atoms with Crippen LogP contribution in [0.1, 0.15) is 55.2 Å². The van der Waals surface area contributed by atoms with E-state index in [1.807, 2.05) is 29.2 Å². The minimum Gasteiger partial charge on any atom is -0.390 e. The molecule has 10 heteroatoms. The van der Waals surface area contributed by atoms with Crippen LogP contribution in [-0.4, -0.2) is 74.6 Å². The van der Waals surface area contributed by atoms with Gasteiger partial charge in [-0.2, -0.15) is 0 Å². The van der Waals surface area contributed by atoms with Gasteiger partial charge in [0.05, 0.1) is 12.8 Å². The number of aryl methyl sites for hydroxylation is 1. The maximum atomic E-state index is 13.6. The summed E-state index contributed by atoms with van der Waals surface area (Å²) >= 11 is 0.